The van der Waals surface area contributed by atoms with Crippen molar-refractivity contribution in [2.75, 3.05) is 0 Å². The van der Waals surface area contributed by atoms with Gasteiger partial charge >= 0.3 is 0 Å². The van der Waals surface area contributed by atoms with E-state index in [1.807, 2.05) is 11.3 Å². The van der Waals surface area contributed by atoms with Gasteiger partial charge < -0.3 is 5.32 Å². The molecule has 2 aromatic heterocycles. The Morgan fingerprint density at radius 1 is 1.18 bits per heavy atom. The Hall–Kier alpha value is -0.160. The highest BCUT2D eigenvalue weighted by Crippen LogP contribution is 2.27. The van der Waals surface area contributed by atoms with E-state index in [4.69, 9.17) is 0 Å². The minimum absolute atomic E-state index is 0.415. The molecular weight excluding hydrogens is 314 g/mol. The van der Waals surface area contributed by atoms with Gasteiger partial charge in [0, 0.05) is 27.2 Å². The molecule has 0 aliphatic carbocycles. The van der Waals surface area contributed by atoms with Crippen LogP contribution in [0.1, 0.15) is 34.5 Å². The highest BCUT2D eigenvalue weighted by molar-refractivity contribution is 9.11. The molecule has 0 bridgehead atoms. The van der Waals surface area contributed by atoms with Crippen molar-refractivity contribution in [3.05, 3.63) is 42.7 Å². The van der Waals surface area contributed by atoms with Crippen molar-refractivity contribution in [1.82, 2.24) is 5.32 Å². The first kappa shape index (κ1) is 13.3. The Labute approximate surface area is 119 Å². The topological polar surface area (TPSA) is 12.0 Å². The van der Waals surface area contributed by atoms with Gasteiger partial charge in [-0.15, -0.1) is 22.7 Å². The molecule has 1 atom stereocenters. The maximum Gasteiger partial charge on any atom is 0.0701 e. The van der Waals surface area contributed by atoms with Gasteiger partial charge in [-0.1, -0.05) is 6.92 Å². The third-order valence-corrected chi connectivity index (χ3v) is 5.70. The second-order valence-electron chi connectivity index (χ2n) is 3.97. The van der Waals surface area contributed by atoms with Gasteiger partial charge in [-0.2, -0.15) is 0 Å². The van der Waals surface area contributed by atoms with Crippen LogP contribution in [0.25, 0.3) is 0 Å². The van der Waals surface area contributed by atoms with E-state index in [1.165, 1.54) is 18.4 Å². The van der Waals surface area contributed by atoms with E-state index in [2.05, 4.69) is 59.4 Å². The van der Waals surface area contributed by atoms with E-state index in [9.17, 15) is 0 Å². The van der Waals surface area contributed by atoms with Crippen LogP contribution in [-0.2, 0) is 13.0 Å². The second-order valence-corrected chi connectivity index (χ2v) is 7.71. The summed E-state index contributed by atoms with van der Waals surface area (Å²) in [5, 5.41) is 3.57. The van der Waals surface area contributed by atoms with Gasteiger partial charge in [0.2, 0.25) is 0 Å². The molecule has 92 valence electrons. The standard InChI is InChI=1S/C13H16BrNS2/c1-3-10-4-5-11(16-10)8-15-9(2)12-6-7-13(14)17-12/h4-7,9,15H,3,8H2,1-2H3. The minimum Gasteiger partial charge on any atom is -0.305 e. The smallest absolute Gasteiger partial charge is 0.0701 e. The van der Waals surface area contributed by atoms with E-state index in [-0.39, 0.29) is 0 Å². The largest absolute Gasteiger partial charge is 0.305 e. The lowest BCUT2D eigenvalue weighted by atomic mass is 10.2. The summed E-state index contributed by atoms with van der Waals surface area (Å²) in [4.78, 5) is 4.27. The number of hydrogen-bond acceptors (Lipinski definition) is 3. The Balaban J connectivity index is 1.89. The number of aryl methyl sites for hydroxylation is 1. The lowest BCUT2D eigenvalue weighted by molar-refractivity contribution is 0.587. The van der Waals surface area contributed by atoms with E-state index >= 15 is 0 Å². The molecule has 0 saturated heterocycles. The van der Waals surface area contributed by atoms with Crippen LogP contribution in [0.15, 0.2) is 28.1 Å². The van der Waals surface area contributed by atoms with Crippen LogP contribution in [0.4, 0.5) is 0 Å². The molecule has 0 aliphatic heterocycles. The molecule has 1 unspecified atom stereocenters. The molecule has 17 heavy (non-hydrogen) atoms. The van der Waals surface area contributed by atoms with Gasteiger partial charge in [-0.25, -0.2) is 0 Å². The van der Waals surface area contributed by atoms with Crippen molar-refractivity contribution in [2.45, 2.75) is 32.9 Å². The van der Waals surface area contributed by atoms with Crippen LogP contribution in [0.2, 0.25) is 0 Å². The van der Waals surface area contributed by atoms with Crippen LogP contribution < -0.4 is 5.32 Å². The molecule has 0 spiro atoms. The molecule has 0 radical (unpaired) electrons. The molecule has 4 heteroatoms. The first-order chi connectivity index (χ1) is 8.19. The Bertz CT molecular complexity index is 475. The molecule has 0 fully saturated rings. The zero-order valence-corrected chi connectivity index (χ0v) is 13.2. The van der Waals surface area contributed by atoms with Crippen molar-refractivity contribution in [1.29, 1.82) is 0 Å². The molecular formula is C13H16BrNS2. The fourth-order valence-electron chi connectivity index (χ4n) is 1.62. The third-order valence-electron chi connectivity index (χ3n) is 2.67. The van der Waals surface area contributed by atoms with Crippen LogP contribution in [-0.4, -0.2) is 0 Å². The van der Waals surface area contributed by atoms with E-state index in [0.29, 0.717) is 6.04 Å². The highest BCUT2D eigenvalue weighted by atomic mass is 79.9. The molecule has 2 heterocycles. The fourth-order valence-corrected chi connectivity index (χ4v) is 3.98. The Morgan fingerprint density at radius 2 is 1.94 bits per heavy atom. The van der Waals surface area contributed by atoms with Gasteiger partial charge in [0.15, 0.2) is 0 Å². The van der Waals surface area contributed by atoms with Crippen LogP contribution in [0.3, 0.4) is 0 Å². The number of halogens is 1. The summed E-state index contributed by atoms with van der Waals surface area (Å²) in [5.74, 6) is 0. The maximum absolute atomic E-state index is 3.57. The van der Waals surface area contributed by atoms with Crippen molar-refractivity contribution in [3.8, 4) is 0 Å². The molecule has 0 saturated carbocycles. The van der Waals surface area contributed by atoms with E-state index < -0.39 is 0 Å². The molecule has 0 amide bonds. The molecule has 0 aromatic carbocycles. The summed E-state index contributed by atoms with van der Waals surface area (Å²) < 4.78 is 1.20. The predicted octanol–water partition coefficient (Wildman–Crippen LogP) is 4.99. The van der Waals surface area contributed by atoms with Crippen molar-refractivity contribution >= 4 is 38.6 Å². The van der Waals surface area contributed by atoms with Crippen LogP contribution in [0.5, 0.6) is 0 Å². The summed E-state index contributed by atoms with van der Waals surface area (Å²) in [5.41, 5.74) is 0. The van der Waals surface area contributed by atoms with Crippen LogP contribution in [0, 0.1) is 0 Å². The van der Waals surface area contributed by atoms with Crippen molar-refractivity contribution < 1.29 is 0 Å². The van der Waals surface area contributed by atoms with Crippen LogP contribution >= 0.6 is 38.6 Å². The summed E-state index contributed by atoms with van der Waals surface area (Å²) in [6, 6.07) is 9.16. The first-order valence-corrected chi connectivity index (χ1v) is 8.18. The molecule has 2 aromatic rings. The van der Waals surface area contributed by atoms with Crippen molar-refractivity contribution in [3.63, 3.8) is 0 Å². The Kier molecular flexibility index (Phi) is 4.79. The van der Waals surface area contributed by atoms with Gasteiger partial charge in [-0.3, -0.25) is 0 Å². The lowest BCUT2D eigenvalue weighted by Crippen LogP contribution is -2.16. The zero-order valence-electron chi connectivity index (χ0n) is 10.00. The molecule has 0 aliphatic rings. The third kappa shape index (κ3) is 3.65. The minimum atomic E-state index is 0.415. The van der Waals surface area contributed by atoms with Gasteiger partial charge in [0.05, 0.1) is 3.79 Å². The average Bonchev–Trinajstić information content (AvgIpc) is 2.94. The first-order valence-electron chi connectivity index (χ1n) is 5.75. The SMILES string of the molecule is CCc1ccc(CNC(C)c2ccc(Br)s2)s1. The van der Waals surface area contributed by atoms with Crippen molar-refractivity contribution in [2.24, 2.45) is 0 Å². The summed E-state index contributed by atoms with van der Waals surface area (Å²) in [6.45, 7) is 5.38. The highest BCUT2D eigenvalue weighted by Gasteiger charge is 2.08. The maximum atomic E-state index is 3.57. The molecule has 1 nitrogen and oxygen atoms in total. The van der Waals surface area contributed by atoms with Gasteiger partial charge in [0.25, 0.3) is 0 Å². The molecule has 2 rings (SSSR count). The number of thiophene rings is 2. The second kappa shape index (κ2) is 6.14. The van der Waals surface area contributed by atoms with E-state index in [1.54, 1.807) is 11.3 Å². The van der Waals surface area contributed by atoms with Gasteiger partial charge in [-0.05, 0) is 53.5 Å². The average molecular weight is 330 g/mol. The number of hydrogen-bond donors (Lipinski definition) is 1. The zero-order chi connectivity index (χ0) is 12.3. The predicted molar refractivity (Wildman–Crippen MR) is 81.0 cm³/mol. The normalized spacial score (nSPS) is 12.9. The lowest BCUT2D eigenvalue weighted by Gasteiger charge is -2.10. The quantitative estimate of drug-likeness (QED) is 0.815. The monoisotopic (exact) mass is 329 g/mol. The Morgan fingerprint density at radius 3 is 2.53 bits per heavy atom. The summed E-state index contributed by atoms with van der Waals surface area (Å²) in [6.07, 6.45) is 1.14. The summed E-state index contributed by atoms with van der Waals surface area (Å²) in [7, 11) is 0. The number of nitrogens with one attached hydrogen (secondary N) is 1. The number of rotatable bonds is 5. The van der Waals surface area contributed by atoms with Gasteiger partial charge in [0.1, 0.15) is 0 Å². The summed E-state index contributed by atoms with van der Waals surface area (Å²) >= 11 is 7.21. The molecule has 1 N–H and O–H groups in total. The van der Waals surface area contributed by atoms with E-state index in [0.717, 1.165) is 13.0 Å². The fraction of sp³-hybridized carbons (Fsp3) is 0.385.